The Morgan fingerprint density at radius 2 is 1.18 bits per heavy atom. The van der Waals surface area contributed by atoms with Crippen molar-refractivity contribution in [2.24, 2.45) is 5.92 Å². The van der Waals surface area contributed by atoms with Crippen LogP contribution in [0.25, 0.3) is 0 Å². The van der Waals surface area contributed by atoms with Crippen LogP contribution in [-0.4, -0.2) is 22.4 Å². The molecular weight excluding hydrogens is 272 g/mol. The zero-order valence-corrected chi connectivity index (χ0v) is 15.1. The maximum Gasteiger partial charge on any atom is 0.117 e. The Morgan fingerprint density at radius 1 is 0.682 bits per heavy atom. The van der Waals surface area contributed by atoms with Gasteiger partial charge in [0, 0.05) is 0 Å². The molecule has 0 spiro atoms. The third-order valence-corrected chi connectivity index (χ3v) is 4.47. The molecule has 0 aliphatic rings. The van der Waals surface area contributed by atoms with E-state index in [0.29, 0.717) is 0 Å². The van der Waals surface area contributed by atoms with Crippen LogP contribution in [0.5, 0.6) is 0 Å². The number of hydrogen-bond donors (Lipinski definition) is 2. The van der Waals surface area contributed by atoms with Crippen LogP contribution in [0.1, 0.15) is 97.8 Å². The second-order valence-corrected chi connectivity index (χ2v) is 6.44. The van der Waals surface area contributed by atoms with E-state index in [9.17, 15) is 10.2 Å². The summed E-state index contributed by atoms with van der Waals surface area (Å²) in [6.07, 6.45) is 13.0. The van der Waals surface area contributed by atoms with Gasteiger partial charge in [-0.05, 0) is 31.6 Å². The first-order valence-electron chi connectivity index (χ1n) is 9.52. The summed E-state index contributed by atoms with van der Waals surface area (Å²) in [6.45, 7) is 6.38. The van der Waals surface area contributed by atoms with Crippen LogP contribution in [-0.2, 0) is 0 Å². The van der Waals surface area contributed by atoms with Crippen LogP contribution < -0.4 is 0 Å². The Labute approximate surface area is 138 Å². The van der Waals surface area contributed by atoms with Crippen molar-refractivity contribution in [1.29, 1.82) is 0 Å². The lowest BCUT2D eigenvalue weighted by Gasteiger charge is -2.14. The first-order chi connectivity index (χ1) is 10.7. The number of aliphatic hydroxyl groups is 2. The fourth-order valence-electron chi connectivity index (χ4n) is 2.76. The van der Waals surface area contributed by atoms with Crippen LogP contribution in [0.4, 0.5) is 0 Å². The number of aliphatic hydroxyl groups excluding tert-OH is 2. The molecule has 0 saturated carbocycles. The normalized spacial score (nSPS) is 13.7. The minimum absolute atomic E-state index is 0.229. The molecule has 2 heteroatoms. The summed E-state index contributed by atoms with van der Waals surface area (Å²) < 4.78 is 0. The molecule has 0 aromatic heterocycles. The van der Waals surface area contributed by atoms with E-state index in [1.807, 2.05) is 0 Å². The number of hydrogen-bond acceptors (Lipinski definition) is 2. The third-order valence-electron chi connectivity index (χ3n) is 4.47. The molecule has 0 saturated heterocycles. The maximum atomic E-state index is 9.90. The zero-order valence-electron chi connectivity index (χ0n) is 15.1. The summed E-state index contributed by atoms with van der Waals surface area (Å²) in [6, 6.07) is 0. The molecule has 0 fully saturated rings. The molecule has 2 nitrogen and oxygen atoms in total. The quantitative estimate of drug-likeness (QED) is 0.368. The van der Waals surface area contributed by atoms with E-state index in [0.717, 1.165) is 25.7 Å². The number of rotatable bonds is 13. The maximum absolute atomic E-state index is 9.90. The Hall–Kier alpha value is -0.520. The van der Waals surface area contributed by atoms with Crippen LogP contribution in [0.2, 0.25) is 0 Å². The molecule has 130 valence electrons. The van der Waals surface area contributed by atoms with Crippen molar-refractivity contribution in [2.45, 2.75) is 110 Å². The van der Waals surface area contributed by atoms with Crippen LogP contribution in [0.3, 0.4) is 0 Å². The van der Waals surface area contributed by atoms with Gasteiger partial charge in [-0.2, -0.15) is 0 Å². The monoisotopic (exact) mass is 310 g/mol. The molecule has 22 heavy (non-hydrogen) atoms. The molecule has 0 amide bonds. The van der Waals surface area contributed by atoms with Crippen LogP contribution in [0.15, 0.2) is 0 Å². The number of unbranched alkanes of at least 4 members (excludes halogenated alkanes) is 8. The lowest BCUT2D eigenvalue weighted by molar-refractivity contribution is 0.154. The first-order valence-corrected chi connectivity index (χ1v) is 9.52. The van der Waals surface area contributed by atoms with Crippen molar-refractivity contribution in [2.75, 3.05) is 0 Å². The second-order valence-electron chi connectivity index (χ2n) is 6.44. The molecule has 0 aliphatic heterocycles. The summed E-state index contributed by atoms with van der Waals surface area (Å²) in [5.74, 6) is 5.86. The molecule has 0 aliphatic carbocycles. The van der Waals surface area contributed by atoms with Gasteiger partial charge in [-0.25, -0.2) is 0 Å². The second kappa shape index (κ2) is 15.4. The van der Waals surface area contributed by atoms with Gasteiger partial charge in [-0.1, -0.05) is 84.0 Å². The predicted molar refractivity (Wildman–Crippen MR) is 95.7 cm³/mol. The minimum Gasteiger partial charge on any atom is -0.380 e. The van der Waals surface area contributed by atoms with Crippen molar-refractivity contribution < 1.29 is 10.2 Å². The average molecular weight is 311 g/mol. The summed E-state index contributed by atoms with van der Waals surface area (Å²) in [5, 5.41) is 19.7. The highest BCUT2D eigenvalue weighted by molar-refractivity contribution is 5.10. The van der Waals surface area contributed by atoms with E-state index in [1.165, 1.54) is 51.4 Å². The van der Waals surface area contributed by atoms with E-state index < -0.39 is 12.2 Å². The zero-order chi connectivity index (χ0) is 16.6. The van der Waals surface area contributed by atoms with Gasteiger partial charge in [0.25, 0.3) is 0 Å². The largest absolute Gasteiger partial charge is 0.380 e. The van der Waals surface area contributed by atoms with Crippen LogP contribution >= 0.6 is 0 Å². The highest BCUT2D eigenvalue weighted by atomic mass is 16.3. The van der Waals surface area contributed by atoms with Crippen molar-refractivity contribution in [3.63, 3.8) is 0 Å². The van der Waals surface area contributed by atoms with Gasteiger partial charge in [-0.15, -0.1) is 0 Å². The van der Waals surface area contributed by atoms with Gasteiger partial charge in [0.15, 0.2) is 0 Å². The molecule has 2 atom stereocenters. The van der Waals surface area contributed by atoms with Crippen molar-refractivity contribution in [1.82, 2.24) is 0 Å². The van der Waals surface area contributed by atoms with E-state index in [1.54, 1.807) is 0 Å². The Kier molecular flexibility index (Phi) is 15.0. The average Bonchev–Trinajstić information content (AvgIpc) is 2.52. The van der Waals surface area contributed by atoms with Gasteiger partial charge in [0.05, 0.1) is 0 Å². The van der Waals surface area contributed by atoms with Gasteiger partial charge in [-0.3, -0.25) is 0 Å². The molecule has 2 unspecified atom stereocenters. The predicted octanol–water partition coefficient (Wildman–Crippen LogP) is 5.07. The lowest BCUT2D eigenvalue weighted by Crippen LogP contribution is -2.17. The SMILES string of the molecule is CCCCCCCCCCCC(O)C#CC(O)C(CC)CC. The summed E-state index contributed by atoms with van der Waals surface area (Å²) in [4.78, 5) is 0. The standard InChI is InChI=1S/C20H38O2/c1-4-7-8-9-10-11-12-13-14-15-19(21)16-17-20(22)18(5-2)6-3/h18-22H,4-15H2,1-3H3. The van der Waals surface area contributed by atoms with Crippen molar-refractivity contribution >= 4 is 0 Å². The van der Waals surface area contributed by atoms with Gasteiger partial charge in [0.2, 0.25) is 0 Å². The smallest absolute Gasteiger partial charge is 0.117 e. The molecule has 0 aromatic rings. The van der Waals surface area contributed by atoms with Crippen molar-refractivity contribution in [3.8, 4) is 11.8 Å². The third kappa shape index (κ3) is 12.1. The molecule has 0 bridgehead atoms. The van der Waals surface area contributed by atoms with E-state index >= 15 is 0 Å². The summed E-state index contributed by atoms with van der Waals surface area (Å²) in [7, 11) is 0. The van der Waals surface area contributed by atoms with Gasteiger partial charge >= 0.3 is 0 Å². The fourth-order valence-corrected chi connectivity index (χ4v) is 2.76. The first kappa shape index (κ1) is 21.5. The minimum atomic E-state index is -0.590. The highest BCUT2D eigenvalue weighted by Crippen LogP contribution is 2.13. The topological polar surface area (TPSA) is 40.5 Å². The Bertz CT molecular complexity index is 286. The molecular formula is C20H38O2. The molecule has 0 aromatic carbocycles. The summed E-state index contributed by atoms with van der Waals surface area (Å²) >= 11 is 0. The Balaban J connectivity index is 3.60. The van der Waals surface area contributed by atoms with E-state index in [-0.39, 0.29) is 5.92 Å². The molecule has 0 rings (SSSR count). The van der Waals surface area contributed by atoms with Crippen LogP contribution in [0, 0.1) is 17.8 Å². The molecule has 0 radical (unpaired) electrons. The Morgan fingerprint density at radius 3 is 1.68 bits per heavy atom. The van der Waals surface area contributed by atoms with E-state index in [4.69, 9.17) is 0 Å². The van der Waals surface area contributed by atoms with Crippen molar-refractivity contribution in [3.05, 3.63) is 0 Å². The molecule has 0 heterocycles. The highest BCUT2D eigenvalue weighted by Gasteiger charge is 2.12. The van der Waals surface area contributed by atoms with Gasteiger partial charge in [0.1, 0.15) is 12.2 Å². The summed E-state index contributed by atoms with van der Waals surface area (Å²) in [5.41, 5.74) is 0. The van der Waals surface area contributed by atoms with E-state index in [2.05, 4.69) is 32.6 Å². The fraction of sp³-hybridized carbons (Fsp3) is 0.900. The lowest BCUT2D eigenvalue weighted by atomic mass is 9.97. The van der Waals surface area contributed by atoms with Gasteiger partial charge < -0.3 is 10.2 Å². The molecule has 2 N–H and O–H groups in total.